The Morgan fingerprint density at radius 1 is 1.25 bits per heavy atom. The number of nitrogens with one attached hydrogen (secondary N) is 1. The standard InChI is InChI=1S/C35H50ClN3O4S/c1-6-8-24-19-27(36)11-12-28(24)26-21-39-20-25-10-13-29(25)35(3,42-5)17-7-9-23(2)32(16-18-41-4)44-38-34(40)30-14-15-31(43-22-26)33(39)37-30/h7,11-12,14-15,17,23,25-27,29,32H,6,8-10,13,16,18-22H2,1-5H3,(H,38,40)/b17-7+/t23?,25?,26?,27?,29?,32?,35-/m0/s1. The third-order valence-corrected chi connectivity index (χ3v) is 11.7. The number of ether oxygens (including phenoxy) is 3. The molecule has 44 heavy (non-hydrogen) atoms. The van der Waals surface area contributed by atoms with Crippen LogP contribution in [0.1, 0.15) is 76.2 Å². The molecule has 242 valence electrons. The molecule has 1 saturated carbocycles. The van der Waals surface area contributed by atoms with Crippen molar-refractivity contribution in [2.45, 2.75) is 81.9 Å². The number of amides is 1. The molecular formula is C35H50ClN3O4S. The van der Waals surface area contributed by atoms with Gasteiger partial charge in [-0.15, -0.1) is 11.6 Å². The number of carbonyl (C=O) groups is 1. The number of rotatable bonds is 7. The number of halogens is 1. The van der Waals surface area contributed by atoms with Crippen LogP contribution in [0.3, 0.4) is 0 Å². The van der Waals surface area contributed by atoms with Gasteiger partial charge in [0.1, 0.15) is 5.69 Å². The number of methoxy groups -OCH3 is 2. The van der Waals surface area contributed by atoms with Crippen LogP contribution >= 0.6 is 23.5 Å². The van der Waals surface area contributed by atoms with Crippen LogP contribution < -0.4 is 14.4 Å². The number of aromatic nitrogens is 1. The van der Waals surface area contributed by atoms with E-state index in [1.54, 1.807) is 13.2 Å². The van der Waals surface area contributed by atoms with Gasteiger partial charge < -0.3 is 19.1 Å². The Balaban J connectivity index is 1.51. The van der Waals surface area contributed by atoms with Crippen molar-refractivity contribution in [2.75, 3.05) is 45.4 Å². The van der Waals surface area contributed by atoms with Crippen molar-refractivity contribution >= 4 is 35.3 Å². The molecule has 2 aliphatic heterocycles. The van der Waals surface area contributed by atoms with Crippen molar-refractivity contribution in [1.82, 2.24) is 9.71 Å². The molecule has 0 spiro atoms. The summed E-state index contributed by atoms with van der Waals surface area (Å²) in [6, 6.07) is 3.72. The van der Waals surface area contributed by atoms with E-state index in [9.17, 15) is 4.79 Å². The molecule has 1 N–H and O–H groups in total. The molecule has 0 saturated heterocycles. The van der Waals surface area contributed by atoms with Gasteiger partial charge in [0.25, 0.3) is 5.91 Å². The van der Waals surface area contributed by atoms with Crippen LogP contribution in [0.4, 0.5) is 5.82 Å². The molecule has 7 atom stereocenters. The molecule has 1 fully saturated rings. The maximum absolute atomic E-state index is 13.5. The van der Waals surface area contributed by atoms with Crippen LogP contribution in [0, 0.1) is 23.7 Å². The number of pyridine rings is 1. The van der Waals surface area contributed by atoms with Gasteiger partial charge in [0.05, 0.1) is 17.6 Å². The van der Waals surface area contributed by atoms with E-state index in [-0.39, 0.29) is 28.1 Å². The molecule has 3 heterocycles. The van der Waals surface area contributed by atoms with Gasteiger partial charge in [-0.25, -0.2) is 4.98 Å². The zero-order valence-corrected chi connectivity index (χ0v) is 28.6. The van der Waals surface area contributed by atoms with Crippen molar-refractivity contribution < 1.29 is 19.0 Å². The molecular weight excluding hydrogens is 594 g/mol. The summed E-state index contributed by atoms with van der Waals surface area (Å²) in [5.74, 6) is 2.67. The van der Waals surface area contributed by atoms with Gasteiger partial charge >= 0.3 is 0 Å². The summed E-state index contributed by atoms with van der Waals surface area (Å²) in [6.45, 7) is 9.53. The van der Waals surface area contributed by atoms with E-state index in [1.807, 2.05) is 13.2 Å². The zero-order chi connectivity index (χ0) is 31.3. The summed E-state index contributed by atoms with van der Waals surface area (Å²) in [5.41, 5.74) is 2.85. The van der Waals surface area contributed by atoms with Gasteiger partial charge in [0.2, 0.25) is 0 Å². The molecule has 9 heteroatoms. The Kier molecular flexibility index (Phi) is 11.4. The number of hydrogen-bond acceptors (Lipinski definition) is 7. The van der Waals surface area contributed by atoms with Gasteiger partial charge in [-0.2, -0.15) is 0 Å². The lowest BCUT2D eigenvalue weighted by Gasteiger charge is -2.48. The molecule has 2 aliphatic carbocycles. The lowest BCUT2D eigenvalue weighted by Crippen LogP contribution is -2.50. The lowest BCUT2D eigenvalue weighted by molar-refractivity contribution is -0.0621. The Labute approximate surface area is 273 Å². The quantitative estimate of drug-likeness (QED) is 0.189. The number of allylic oxidation sites excluding steroid dienone is 4. The maximum atomic E-state index is 13.5. The predicted octanol–water partition coefficient (Wildman–Crippen LogP) is 7.37. The van der Waals surface area contributed by atoms with Crippen LogP contribution in [0.2, 0.25) is 0 Å². The van der Waals surface area contributed by atoms with Gasteiger partial charge in [0, 0.05) is 45.1 Å². The molecule has 6 unspecified atom stereocenters. The second-order valence-electron chi connectivity index (χ2n) is 13.1. The smallest absolute Gasteiger partial charge is 0.279 e. The minimum absolute atomic E-state index is 0.0420. The molecule has 2 bridgehead atoms. The summed E-state index contributed by atoms with van der Waals surface area (Å²) in [4.78, 5) is 20.9. The fraction of sp³-hybridized carbons (Fsp3) is 0.657. The Hall–Kier alpha value is -2.00. The number of anilines is 1. The molecule has 1 aromatic rings. The van der Waals surface area contributed by atoms with Crippen molar-refractivity contribution in [3.05, 3.63) is 53.3 Å². The van der Waals surface area contributed by atoms with E-state index in [2.05, 4.69) is 54.7 Å². The zero-order valence-electron chi connectivity index (χ0n) is 27.0. The summed E-state index contributed by atoms with van der Waals surface area (Å²) in [5, 5.41) is 0.241. The van der Waals surface area contributed by atoms with Crippen LogP contribution in [0.5, 0.6) is 5.75 Å². The lowest BCUT2D eigenvalue weighted by atomic mass is 9.64. The minimum atomic E-state index is -0.346. The molecule has 0 radical (unpaired) electrons. The number of carbonyl (C=O) groups excluding carboxylic acids is 1. The first-order valence-corrected chi connectivity index (χ1v) is 17.7. The summed E-state index contributed by atoms with van der Waals surface area (Å²) >= 11 is 8.05. The van der Waals surface area contributed by atoms with E-state index < -0.39 is 0 Å². The highest BCUT2D eigenvalue weighted by Crippen LogP contribution is 2.46. The SMILES string of the molecule is CCCC1=C(C2COc3ccc4nc3N(C2)CC2CCC2[C@@](C)(OC)/C=C/CC(C)C(CCOC)SNC4=O)C=CC(Cl)C1. The van der Waals surface area contributed by atoms with E-state index in [0.29, 0.717) is 36.7 Å². The summed E-state index contributed by atoms with van der Waals surface area (Å²) in [6.07, 6.45) is 16.0. The van der Waals surface area contributed by atoms with Gasteiger partial charge in [0.15, 0.2) is 11.6 Å². The van der Waals surface area contributed by atoms with Crippen LogP contribution in [0.15, 0.2) is 47.6 Å². The van der Waals surface area contributed by atoms with Crippen LogP contribution in [0.25, 0.3) is 0 Å². The first-order chi connectivity index (χ1) is 21.3. The fourth-order valence-corrected chi connectivity index (χ4v) is 8.46. The summed E-state index contributed by atoms with van der Waals surface area (Å²) < 4.78 is 21.2. The summed E-state index contributed by atoms with van der Waals surface area (Å²) in [7, 11) is 3.56. The largest absolute Gasteiger partial charge is 0.489 e. The molecule has 1 aromatic heterocycles. The predicted molar refractivity (Wildman–Crippen MR) is 181 cm³/mol. The molecule has 7 nitrogen and oxygen atoms in total. The van der Waals surface area contributed by atoms with Crippen molar-refractivity contribution in [2.24, 2.45) is 23.7 Å². The number of nitrogens with zero attached hydrogens (tertiary/aromatic N) is 2. The fourth-order valence-electron chi connectivity index (χ4n) is 7.28. The van der Waals surface area contributed by atoms with Crippen LogP contribution in [-0.4, -0.2) is 67.6 Å². The van der Waals surface area contributed by atoms with Gasteiger partial charge in [-0.1, -0.05) is 50.1 Å². The van der Waals surface area contributed by atoms with E-state index >= 15 is 0 Å². The highest BCUT2D eigenvalue weighted by Gasteiger charge is 2.45. The average molecular weight is 644 g/mol. The topological polar surface area (TPSA) is 72.9 Å². The Morgan fingerprint density at radius 3 is 2.82 bits per heavy atom. The first-order valence-electron chi connectivity index (χ1n) is 16.4. The third-order valence-electron chi connectivity index (χ3n) is 10.1. The van der Waals surface area contributed by atoms with Gasteiger partial charge in [-0.05, 0) is 92.9 Å². The van der Waals surface area contributed by atoms with Crippen molar-refractivity contribution in [3.8, 4) is 5.75 Å². The molecule has 5 rings (SSSR count). The maximum Gasteiger partial charge on any atom is 0.279 e. The Morgan fingerprint density at radius 2 is 2.09 bits per heavy atom. The average Bonchev–Trinajstić information content (AvgIpc) is 3.18. The molecule has 0 aromatic carbocycles. The van der Waals surface area contributed by atoms with Crippen LogP contribution in [-0.2, 0) is 9.47 Å². The Bertz CT molecular complexity index is 1250. The highest BCUT2D eigenvalue weighted by atomic mass is 35.5. The van der Waals surface area contributed by atoms with E-state index in [0.717, 1.165) is 69.6 Å². The first kappa shape index (κ1) is 33.4. The number of fused-ring (bicyclic) bond motifs is 2. The number of alkyl halides is 1. The normalized spacial score (nSPS) is 33.5. The highest BCUT2D eigenvalue weighted by molar-refractivity contribution is 7.98. The van der Waals surface area contributed by atoms with E-state index in [4.69, 9.17) is 30.8 Å². The minimum Gasteiger partial charge on any atom is -0.489 e. The second kappa shape index (κ2) is 15.1. The van der Waals surface area contributed by atoms with Gasteiger partial charge in [-0.3, -0.25) is 9.52 Å². The van der Waals surface area contributed by atoms with Crippen molar-refractivity contribution in [3.63, 3.8) is 0 Å². The molecule has 4 aliphatic rings. The van der Waals surface area contributed by atoms with E-state index in [1.165, 1.54) is 23.1 Å². The number of hydrogen-bond donors (Lipinski definition) is 1. The third kappa shape index (κ3) is 7.51. The second-order valence-corrected chi connectivity index (χ2v) is 14.7. The monoisotopic (exact) mass is 643 g/mol. The van der Waals surface area contributed by atoms with Crippen molar-refractivity contribution in [1.29, 1.82) is 0 Å². The molecule has 1 amide bonds.